The van der Waals surface area contributed by atoms with Crippen molar-refractivity contribution in [3.05, 3.63) is 205 Å². The van der Waals surface area contributed by atoms with Gasteiger partial charge in [-0.3, -0.25) is 0 Å². The van der Waals surface area contributed by atoms with Crippen molar-refractivity contribution in [1.29, 1.82) is 0 Å². The average molecular weight is 955 g/mol. The first-order valence-corrected chi connectivity index (χ1v) is 25.9. The molecule has 2 fully saturated rings. The predicted molar refractivity (Wildman–Crippen MR) is 252 cm³/mol. The van der Waals surface area contributed by atoms with Gasteiger partial charge in [-0.05, 0) is 98.5 Å². The molecule has 5 nitrogen and oxygen atoms in total. The highest BCUT2D eigenvalue weighted by molar-refractivity contribution is 7.98. The standard InChI is InChI=1S/2C24H24OP.CHF3O3S.BF4/c2*1-4-13-22(14-5-1)26(23-15-6-2-7-16-23,24-17-8-3-9-18-24)20-21-12-10-11-19-25-21;2-1(3,4)8(5,6)7;2-1(3,4)5/h2*1-9,13-18,20H,10-12,19H2;(H,5,6,7);/q2*+1;;-1/p-1. The van der Waals surface area contributed by atoms with Gasteiger partial charge in [0.05, 0.1) is 13.2 Å². The van der Waals surface area contributed by atoms with Crippen LogP contribution in [0.15, 0.2) is 205 Å². The number of rotatable bonds is 8. The molecule has 0 saturated carbocycles. The Balaban J connectivity index is 0.000000193. The number of hydrogen-bond donors (Lipinski definition) is 0. The smallest absolute Gasteiger partial charge is 0.673 e. The third kappa shape index (κ3) is 14.6. The highest BCUT2D eigenvalue weighted by Crippen LogP contribution is 2.59. The molecule has 6 aromatic rings. The largest absolute Gasteiger partial charge is 0.741 e. The van der Waals surface area contributed by atoms with Crippen molar-refractivity contribution in [1.82, 2.24) is 0 Å². The van der Waals surface area contributed by atoms with Gasteiger partial charge in [0.15, 0.2) is 10.1 Å². The number of halogens is 7. The number of hydrogen-bond acceptors (Lipinski definition) is 5. The van der Waals surface area contributed by atoms with E-state index in [1.165, 1.54) is 44.7 Å². The quantitative estimate of drug-likeness (QED) is 0.0499. The zero-order valence-corrected chi connectivity index (χ0v) is 37.8. The number of ether oxygens (including phenoxy) is 2. The summed E-state index contributed by atoms with van der Waals surface area (Å²) >= 11 is 0. The molecular weight excluding hydrogens is 906 g/mol. The summed E-state index contributed by atoms with van der Waals surface area (Å²) in [5.74, 6) is 7.24. The van der Waals surface area contributed by atoms with E-state index >= 15 is 0 Å². The van der Waals surface area contributed by atoms with Gasteiger partial charge in [-0.2, -0.15) is 13.2 Å². The van der Waals surface area contributed by atoms with Crippen molar-refractivity contribution in [2.45, 2.75) is 44.0 Å². The summed E-state index contributed by atoms with van der Waals surface area (Å²) in [7, 11) is -15.9. The molecule has 6 aromatic carbocycles. The van der Waals surface area contributed by atoms with Crippen LogP contribution in [-0.4, -0.2) is 38.9 Å². The number of allylic oxidation sites excluding steroid dienone is 2. The van der Waals surface area contributed by atoms with Crippen molar-refractivity contribution < 1.29 is 52.9 Å². The summed E-state index contributed by atoms with van der Waals surface area (Å²) in [6.45, 7) is 1.68. The van der Waals surface area contributed by atoms with Crippen molar-refractivity contribution in [3.8, 4) is 0 Å². The molecule has 0 aromatic heterocycles. The van der Waals surface area contributed by atoms with Crippen LogP contribution in [0.2, 0.25) is 0 Å². The first-order chi connectivity index (χ1) is 31.0. The fraction of sp³-hybridized carbons (Fsp3) is 0.184. The monoisotopic (exact) mass is 954 g/mol. The molecule has 2 saturated heterocycles. The summed E-state index contributed by atoms with van der Waals surface area (Å²) in [6.07, 6.45) is 6.81. The van der Waals surface area contributed by atoms with Gasteiger partial charge in [-0.1, -0.05) is 109 Å². The minimum atomic E-state index is -6.09. The Kier molecular flexibility index (Phi) is 18.6. The van der Waals surface area contributed by atoms with Gasteiger partial charge in [0.25, 0.3) is 0 Å². The van der Waals surface area contributed by atoms with E-state index in [4.69, 9.17) is 22.4 Å². The van der Waals surface area contributed by atoms with Crippen LogP contribution >= 0.6 is 14.5 Å². The van der Waals surface area contributed by atoms with Crippen LogP contribution in [-0.2, 0) is 19.6 Å². The third-order valence-corrected chi connectivity index (χ3v) is 18.7. The first kappa shape index (κ1) is 50.7. The summed E-state index contributed by atoms with van der Waals surface area (Å²) in [5.41, 5.74) is -5.65. The van der Waals surface area contributed by atoms with E-state index < -0.39 is 37.4 Å². The molecular formula is C49H48BF7O5P2S. The summed E-state index contributed by atoms with van der Waals surface area (Å²) in [4.78, 5) is 0. The minimum absolute atomic E-state index is 0.838. The van der Waals surface area contributed by atoms with E-state index in [2.05, 4.69) is 194 Å². The lowest BCUT2D eigenvalue weighted by Gasteiger charge is -2.26. The Morgan fingerprint density at radius 1 is 0.446 bits per heavy atom. The second-order valence-electron chi connectivity index (χ2n) is 14.7. The van der Waals surface area contributed by atoms with E-state index in [0.717, 1.165) is 50.4 Å². The lowest BCUT2D eigenvalue weighted by molar-refractivity contribution is -0.0517. The maximum absolute atomic E-state index is 10.7. The van der Waals surface area contributed by atoms with E-state index in [0.29, 0.717) is 0 Å². The molecule has 8 rings (SSSR count). The van der Waals surface area contributed by atoms with Crippen LogP contribution in [0.25, 0.3) is 0 Å². The number of benzene rings is 6. The molecule has 0 amide bonds. The molecule has 2 aliphatic rings. The van der Waals surface area contributed by atoms with Crippen LogP contribution in [0.1, 0.15) is 38.5 Å². The van der Waals surface area contributed by atoms with Crippen LogP contribution in [0.3, 0.4) is 0 Å². The Morgan fingerprint density at radius 2 is 0.646 bits per heavy atom. The molecule has 0 atom stereocenters. The fourth-order valence-corrected chi connectivity index (χ4v) is 15.1. The van der Waals surface area contributed by atoms with E-state index in [-0.39, 0.29) is 0 Å². The molecule has 0 spiro atoms. The van der Waals surface area contributed by atoms with E-state index in [9.17, 15) is 30.4 Å². The van der Waals surface area contributed by atoms with Crippen LogP contribution in [0.4, 0.5) is 30.4 Å². The highest BCUT2D eigenvalue weighted by Gasteiger charge is 2.46. The zero-order valence-electron chi connectivity index (χ0n) is 35.2. The maximum Gasteiger partial charge on any atom is 0.673 e. The van der Waals surface area contributed by atoms with Gasteiger partial charge in [0, 0.05) is 12.8 Å². The molecule has 0 N–H and O–H groups in total. The van der Waals surface area contributed by atoms with Gasteiger partial charge in [0.1, 0.15) is 69.5 Å². The molecule has 0 bridgehead atoms. The third-order valence-electron chi connectivity index (χ3n) is 10.1. The molecule has 0 unspecified atom stereocenters. The average Bonchev–Trinajstić information content (AvgIpc) is 3.32. The second kappa shape index (κ2) is 23.8. The Hall–Kier alpha value is -5.26. The topological polar surface area (TPSA) is 75.7 Å². The summed E-state index contributed by atoms with van der Waals surface area (Å²) < 4.78 is 110. The first-order valence-electron chi connectivity index (χ1n) is 20.7. The van der Waals surface area contributed by atoms with Gasteiger partial charge in [-0.25, -0.2) is 8.42 Å². The zero-order chi connectivity index (χ0) is 46.8. The molecule has 65 heavy (non-hydrogen) atoms. The molecule has 0 radical (unpaired) electrons. The van der Waals surface area contributed by atoms with E-state index in [1.54, 1.807) is 0 Å². The summed E-state index contributed by atoms with van der Waals surface area (Å²) in [5, 5.41) is 8.24. The van der Waals surface area contributed by atoms with Gasteiger partial charge in [-0.15, -0.1) is 0 Å². The lowest BCUT2D eigenvalue weighted by atomic mass is 10.2. The lowest BCUT2D eigenvalue weighted by Crippen LogP contribution is -2.30. The molecule has 2 aliphatic heterocycles. The van der Waals surface area contributed by atoms with Crippen LogP contribution in [0.5, 0.6) is 0 Å². The number of alkyl halides is 3. The minimum Gasteiger partial charge on any atom is -0.741 e. The van der Waals surface area contributed by atoms with Crippen LogP contribution < -0.4 is 31.8 Å². The van der Waals surface area contributed by atoms with Crippen molar-refractivity contribution in [2.24, 2.45) is 0 Å². The van der Waals surface area contributed by atoms with Gasteiger partial charge >= 0.3 is 12.8 Å². The highest BCUT2D eigenvalue weighted by atomic mass is 32.2. The molecule has 2 heterocycles. The Bertz CT molecular complexity index is 2140. The fourth-order valence-electron chi connectivity index (χ4n) is 7.31. The Labute approximate surface area is 377 Å². The Morgan fingerprint density at radius 3 is 0.800 bits per heavy atom. The molecule has 0 aliphatic carbocycles. The summed E-state index contributed by atoms with van der Waals surface area (Å²) in [6, 6.07) is 65.6. The van der Waals surface area contributed by atoms with Crippen molar-refractivity contribution in [3.63, 3.8) is 0 Å². The molecule has 16 heteroatoms. The molecule has 342 valence electrons. The normalized spacial score (nSPS) is 15.6. The van der Waals surface area contributed by atoms with Crippen LogP contribution in [0, 0.1) is 0 Å². The van der Waals surface area contributed by atoms with Crippen molar-refractivity contribution >= 4 is 63.7 Å². The van der Waals surface area contributed by atoms with E-state index in [1.807, 2.05) is 0 Å². The maximum atomic E-state index is 10.7. The van der Waals surface area contributed by atoms with Gasteiger partial charge in [0.2, 0.25) is 0 Å². The predicted octanol–water partition coefficient (Wildman–Crippen LogP) is 11.4. The van der Waals surface area contributed by atoms with Crippen molar-refractivity contribution in [2.75, 3.05) is 13.2 Å². The SMILES string of the molecule is C(=C1CCCCO1)[P+](c1ccccc1)(c1ccccc1)c1ccccc1.C(=C1CCCCO1)[P+](c1ccccc1)(c1ccccc1)c1ccccc1.F[B-](F)(F)F.O=S(=O)([O-])C(F)(F)F. The second-order valence-corrected chi connectivity index (χ2v) is 22.5. The van der Waals surface area contributed by atoms with Gasteiger partial charge < -0.3 is 31.3 Å².